The van der Waals surface area contributed by atoms with Crippen molar-refractivity contribution in [2.45, 2.75) is 56.3 Å². The van der Waals surface area contributed by atoms with E-state index in [-0.39, 0.29) is 12.1 Å². The summed E-state index contributed by atoms with van der Waals surface area (Å²) in [7, 11) is -4.20. The maximum Gasteiger partial charge on any atom is 0.355 e. The van der Waals surface area contributed by atoms with Crippen LogP contribution in [0.25, 0.3) is 16.4 Å². The average molecular weight is 617 g/mol. The van der Waals surface area contributed by atoms with Gasteiger partial charge in [0.15, 0.2) is 5.69 Å². The Morgan fingerprint density at radius 1 is 1.21 bits per heavy atom. The lowest BCUT2D eigenvalue weighted by Crippen LogP contribution is -2.14. The summed E-state index contributed by atoms with van der Waals surface area (Å²) in [5, 5.41) is 21.6. The fourth-order valence-electron chi connectivity index (χ4n) is 5.79. The van der Waals surface area contributed by atoms with Crippen molar-refractivity contribution < 1.29 is 22.7 Å². The fraction of sp³-hybridized carbons (Fsp3) is 0.344. The van der Waals surface area contributed by atoms with Crippen LogP contribution in [0.2, 0.25) is 0 Å². The van der Waals surface area contributed by atoms with Gasteiger partial charge in [-0.25, -0.2) is 32.4 Å². The largest absolute Gasteiger partial charge is 0.476 e. The van der Waals surface area contributed by atoms with Crippen LogP contribution in [-0.2, 0) is 22.9 Å². The van der Waals surface area contributed by atoms with E-state index < -0.39 is 26.7 Å². The summed E-state index contributed by atoms with van der Waals surface area (Å²) in [5.74, 6) is 5.85. The molecule has 3 aliphatic carbocycles. The van der Waals surface area contributed by atoms with E-state index in [2.05, 4.69) is 16.8 Å². The lowest BCUT2D eigenvalue weighted by atomic mass is 9.96. The van der Waals surface area contributed by atoms with E-state index in [4.69, 9.17) is 10.2 Å². The Labute approximate surface area is 252 Å². The molecule has 0 saturated heterocycles. The zero-order valence-electron chi connectivity index (χ0n) is 23.2. The van der Waals surface area contributed by atoms with Gasteiger partial charge in [-0.15, -0.1) is 11.3 Å². The normalized spacial score (nSPS) is 18.3. The summed E-state index contributed by atoms with van der Waals surface area (Å²) in [6.07, 6.45) is 7.95. The first-order valence-corrected chi connectivity index (χ1v) is 16.8. The van der Waals surface area contributed by atoms with Crippen molar-refractivity contribution in [2.75, 3.05) is 0 Å². The van der Waals surface area contributed by atoms with Crippen LogP contribution >= 0.6 is 11.3 Å². The minimum absolute atomic E-state index is 0.0572. The number of nitrogens with two attached hydrogens (primary N) is 1. The van der Waals surface area contributed by atoms with Crippen molar-refractivity contribution >= 4 is 27.3 Å². The van der Waals surface area contributed by atoms with Crippen molar-refractivity contribution in [3.63, 3.8) is 0 Å². The first-order valence-electron chi connectivity index (χ1n) is 14.3. The van der Waals surface area contributed by atoms with Gasteiger partial charge in [0.25, 0.3) is 0 Å². The molecule has 0 bridgehead atoms. The van der Waals surface area contributed by atoms with Gasteiger partial charge in [0.2, 0.25) is 15.2 Å². The zero-order chi connectivity index (χ0) is 29.9. The molecule has 3 N–H and O–H groups in total. The summed E-state index contributed by atoms with van der Waals surface area (Å²) in [6.45, 7) is 0. The predicted octanol–water partition coefficient (Wildman–Crippen LogP) is 5.57. The first kappa shape index (κ1) is 28.0. The third-order valence-electron chi connectivity index (χ3n) is 8.76. The Morgan fingerprint density at radius 2 is 2.02 bits per heavy atom. The maximum absolute atomic E-state index is 14.9. The molecule has 3 saturated carbocycles. The summed E-state index contributed by atoms with van der Waals surface area (Å²) in [6, 6.07) is 11.8. The molecule has 0 amide bonds. The molecule has 2 heterocycles. The highest BCUT2D eigenvalue weighted by atomic mass is 32.2. The zero-order valence-corrected chi connectivity index (χ0v) is 24.8. The van der Waals surface area contributed by atoms with Crippen LogP contribution in [0.1, 0.15) is 71.4 Å². The van der Waals surface area contributed by atoms with E-state index in [9.17, 15) is 22.7 Å². The van der Waals surface area contributed by atoms with Gasteiger partial charge < -0.3 is 5.11 Å². The van der Waals surface area contributed by atoms with E-state index in [0.717, 1.165) is 28.8 Å². The molecule has 2 aromatic carbocycles. The summed E-state index contributed by atoms with van der Waals surface area (Å²) < 4.78 is 40.2. The second-order valence-corrected chi connectivity index (χ2v) is 14.3. The summed E-state index contributed by atoms with van der Waals surface area (Å²) in [5.41, 5.74) is 5.09. The number of carbonyl (C=O) groups is 1. The van der Waals surface area contributed by atoms with Crippen molar-refractivity contribution in [1.82, 2.24) is 14.8 Å². The SMILES string of the molecule is NS(=O)(=O)c1ccc(Cc2c(-c3cccc(C#CC4CC45CC5)c3)nn(-c3nc(C(=O)O)cs3)c2CCC2CC2)cc1F. The maximum atomic E-state index is 14.9. The highest BCUT2D eigenvalue weighted by molar-refractivity contribution is 7.89. The first-order chi connectivity index (χ1) is 20.6. The molecule has 0 radical (unpaired) electrons. The smallest absolute Gasteiger partial charge is 0.355 e. The van der Waals surface area contributed by atoms with Crippen LogP contribution in [0, 0.1) is 34.9 Å². The molecule has 4 aromatic rings. The Balaban J connectivity index is 1.33. The number of thiazole rings is 1. The lowest BCUT2D eigenvalue weighted by Gasteiger charge is -2.10. The molecule has 2 aromatic heterocycles. The average Bonchev–Trinajstić information content (AvgIpc) is 3.93. The van der Waals surface area contributed by atoms with E-state index in [0.29, 0.717) is 40.1 Å². The number of halogens is 1. The van der Waals surface area contributed by atoms with Gasteiger partial charge in [0, 0.05) is 34.4 Å². The lowest BCUT2D eigenvalue weighted by molar-refractivity contribution is 0.0691. The number of sulfonamides is 1. The van der Waals surface area contributed by atoms with Crippen molar-refractivity contribution in [1.29, 1.82) is 0 Å². The van der Waals surface area contributed by atoms with Crippen LogP contribution < -0.4 is 5.14 Å². The number of nitrogens with zero attached hydrogens (tertiary/aromatic N) is 3. The highest BCUT2D eigenvalue weighted by Gasteiger charge is 2.62. The molecule has 8 nitrogen and oxygen atoms in total. The van der Waals surface area contributed by atoms with Gasteiger partial charge in [0.05, 0.1) is 11.4 Å². The number of rotatable bonds is 9. The van der Waals surface area contributed by atoms with Crippen LogP contribution in [0.4, 0.5) is 4.39 Å². The molecule has 1 unspecified atom stereocenters. The number of aromatic carboxylic acids is 1. The van der Waals surface area contributed by atoms with Gasteiger partial charge in [-0.3, -0.25) is 0 Å². The Kier molecular flexibility index (Phi) is 6.76. The Bertz CT molecular complexity index is 1940. The standard InChI is InChI=1S/C32H29FN4O4S2/c33-25-16-21(8-11-28(25)43(34,40)41)15-24-27(10-7-19-4-5-19)37(31-35-26(18-42-31)30(38)39)36-29(24)22-3-1-2-20(14-22)6-9-23-17-32(23)12-13-32/h1-3,8,11,14,16,18-19,23H,4-5,7,10,12-13,15,17H2,(H,38,39)(H2,34,40,41). The molecule has 1 spiro atoms. The summed E-state index contributed by atoms with van der Waals surface area (Å²) in [4.78, 5) is 15.4. The van der Waals surface area contributed by atoms with Crippen LogP contribution in [0.5, 0.6) is 0 Å². The fourth-order valence-corrected chi connectivity index (χ4v) is 7.15. The van der Waals surface area contributed by atoms with E-state index in [1.165, 1.54) is 61.0 Å². The topological polar surface area (TPSA) is 128 Å². The highest BCUT2D eigenvalue weighted by Crippen LogP contribution is 2.70. The quantitative estimate of drug-likeness (QED) is 0.237. The third kappa shape index (κ3) is 5.75. The van der Waals surface area contributed by atoms with Gasteiger partial charge in [0.1, 0.15) is 10.7 Å². The van der Waals surface area contributed by atoms with E-state index >= 15 is 0 Å². The van der Waals surface area contributed by atoms with E-state index in [1.807, 2.05) is 24.3 Å². The van der Waals surface area contributed by atoms with Crippen LogP contribution in [-0.4, -0.2) is 34.3 Å². The van der Waals surface area contributed by atoms with Crippen molar-refractivity contribution in [3.05, 3.63) is 81.7 Å². The second-order valence-electron chi connectivity index (χ2n) is 11.9. The number of carboxylic acids is 1. The number of carboxylic acid groups (broad SMARTS) is 1. The molecule has 11 heteroatoms. The molecule has 3 fully saturated rings. The van der Waals surface area contributed by atoms with Crippen LogP contribution in [0.15, 0.2) is 52.7 Å². The third-order valence-corrected chi connectivity index (χ3v) is 10.5. The van der Waals surface area contributed by atoms with Gasteiger partial charge in [-0.2, -0.15) is 5.10 Å². The molecular formula is C32H29FN4O4S2. The minimum atomic E-state index is -4.20. The molecule has 3 aliphatic rings. The van der Waals surface area contributed by atoms with Crippen molar-refractivity contribution in [2.24, 2.45) is 22.4 Å². The Morgan fingerprint density at radius 3 is 2.67 bits per heavy atom. The molecule has 220 valence electrons. The van der Waals surface area contributed by atoms with Gasteiger partial charge in [-0.1, -0.05) is 42.9 Å². The second kappa shape index (κ2) is 10.4. The number of primary sulfonamides is 1. The molecule has 0 aliphatic heterocycles. The van der Waals surface area contributed by atoms with Gasteiger partial charge >= 0.3 is 5.97 Å². The predicted molar refractivity (Wildman–Crippen MR) is 160 cm³/mol. The number of aromatic nitrogens is 3. The monoisotopic (exact) mass is 616 g/mol. The van der Waals surface area contributed by atoms with E-state index in [1.54, 1.807) is 10.7 Å². The molecule has 1 atom stereocenters. The van der Waals surface area contributed by atoms with Crippen LogP contribution in [0.3, 0.4) is 0 Å². The number of hydrogen-bond acceptors (Lipinski definition) is 6. The number of benzene rings is 2. The minimum Gasteiger partial charge on any atom is -0.476 e. The van der Waals surface area contributed by atoms with Gasteiger partial charge in [-0.05, 0) is 73.3 Å². The molecule has 43 heavy (non-hydrogen) atoms. The summed E-state index contributed by atoms with van der Waals surface area (Å²) >= 11 is 1.20. The molecule has 7 rings (SSSR count). The Hall–Kier alpha value is -3.85. The van der Waals surface area contributed by atoms with Crippen molar-refractivity contribution in [3.8, 4) is 28.2 Å². The number of hydrogen-bond donors (Lipinski definition) is 2. The molecular weight excluding hydrogens is 588 g/mol.